The van der Waals surface area contributed by atoms with Crippen molar-refractivity contribution in [2.75, 3.05) is 18.5 Å². The van der Waals surface area contributed by atoms with Crippen molar-refractivity contribution in [1.82, 2.24) is 15.5 Å². The summed E-state index contributed by atoms with van der Waals surface area (Å²) in [5.41, 5.74) is 1.75. The Bertz CT molecular complexity index is 996. The number of rotatable bonds is 8. The first-order chi connectivity index (χ1) is 14.7. The first-order valence-electron chi connectivity index (χ1n) is 9.82. The molecular formula is C21H22N4O4S. The second-order valence-corrected chi connectivity index (χ2v) is 7.73. The molecule has 0 radical (unpaired) electrons. The minimum Gasteiger partial charge on any atom is -0.421 e. The van der Waals surface area contributed by atoms with Gasteiger partial charge in [-0.1, -0.05) is 12.1 Å². The second kappa shape index (κ2) is 9.64. The van der Waals surface area contributed by atoms with Crippen molar-refractivity contribution in [3.05, 3.63) is 52.5 Å². The number of para-hydroxylation sites is 1. The highest BCUT2D eigenvalue weighted by atomic mass is 32.1. The second-order valence-electron chi connectivity index (χ2n) is 6.95. The van der Waals surface area contributed by atoms with E-state index in [0.717, 1.165) is 25.0 Å². The summed E-state index contributed by atoms with van der Waals surface area (Å²) in [6.45, 7) is 1.20. The van der Waals surface area contributed by atoms with Gasteiger partial charge in [0.1, 0.15) is 0 Å². The van der Waals surface area contributed by atoms with E-state index in [1.165, 1.54) is 0 Å². The summed E-state index contributed by atoms with van der Waals surface area (Å²) in [5, 5.41) is 17.5. The molecule has 2 aromatic heterocycles. The molecule has 1 saturated heterocycles. The average Bonchev–Trinajstić information content (AvgIpc) is 3.53. The van der Waals surface area contributed by atoms with E-state index in [4.69, 9.17) is 9.15 Å². The minimum absolute atomic E-state index is 0.0593. The number of hydrogen-bond donors (Lipinski definition) is 2. The standard InChI is InChI=1S/C21H22N4O4S/c26-18(7-8-19-24-25-21(29-19)14-9-11-30-13-14)23-17-6-2-1-5-16(17)20(27)22-12-15-4-3-10-28-15/h1-2,5-6,9,11,13,15H,3-4,7-8,10,12H2,(H,22,27)(H,23,26). The van der Waals surface area contributed by atoms with Crippen LogP contribution >= 0.6 is 11.3 Å². The molecule has 3 aromatic rings. The van der Waals surface area contributed by atoms with Gasteiger partial charge in [0.05, 0.1) is 17.4 Å². The van der Waals surface area contributed by atoms with Crippen LogP contribution in [-0.2, 0) is 16.0 Å². The molecule has 4 rings (SSSR count). The van der Waals surface area contributed by atoms with Crippen LogP contribution in [0.1, 0.15) is 35.5 Å². The van der Waals surface area contributed by atoms with Crippen LogP contribution in [0.4, 0.5) is 5.69 Å². The molecule has 0 spiro atoms. The Hall–Kier alpha value is -3.04. The molecule has 1 fully saturated rings. The zero-order valence-electron chi connectivity index (χ0n) is 16.3. The number of carbonyl (C=O) groups excluding carboxylic acids is 2. The number of anilines is 1. The van der Waals surface area contributed by atoms with Crippen molar-refractivity contribution < 1.29 is 18.7 Å². The molecule has 1 aliphatic rings. The zero-order chi connectivity index (χ0) is 20.8. The molecule has 1 unspecified atom stereocenters. The molecule has 30 heavy (non-hydrogen) atoms. The third-order valence-corrected chi connectivity index (χ3v) is 5.44. The predicted octanol–water partition coefficient (Wildman–Crippen LogP) is 3.28. The number of ether oxygens (including phenoxy) is 1. The van der Waals surface area contributed by atoms with E-state index in [2.05, 4.69) is 20.8 Å². The molecule has 2 amide bonds. The van der Waals surface area contributed by atoms with Crippen molar-refractivity contribution in [3.63, 3.8) is 0 Å². The van der Waals surface area contributed by atoms with E-state index in [1.807, 2.05) is 16.8 Å². The monoisotopic (exact) mass is 426 g/mol. The number of nitrogens with one attached hydrogen (secondary N) is 2. The van der Waals surface area contributed by atoms with E-state index < -0.39 is 0 Å². The van der Waals surface area contributed by atoms with Crippen LogP contribution < -0.4 is 10.6 Å². The van der Waals surface area contributed by atoms with Gasteiger partial charge in [-0.3, -0.25) is 9.59 Å². The Morgan fingerprint density at radius 2 is 2.10 bits per heavy atom. The molecule has 3 heterocycles. The normalized spacial score (nSPS) is 15.8. The molecule has 0 saturated carbocycles. The van der Waals surface area contributed by atoms with E-state index >= 15 is 0 Å². The number of nitrogens with zero attached hydrogens (tertiary/aromatic N) is 2. The van der Waals surface area contributed by atoms with Crippen LogP contribution in [0.15, 0.2) is 45.5 Å². The molecule has 156 valence electrons. The van der Waals surface area contributed by atoms with Crippen LogP contribution in [-0.4, -0.2) is 41.3 Å². The average molecular weight is 426 g/mol. The molecular weight excluding hydrogens is 404 g/mol. The number of aromatic nitrogens is 2. The molecule has 1 aliphatic heterocycles. The first-order valence-corrected chi connectivity index (χ1v) is 10.8. The molecule has 9 heteroatoms. The number of benzene rings is 1. The highest BCUT2D eigenvalue weighted by Crippen LogP contribution is 2.21. The molecule has 1 atom stereocenters. The van der Waals surface area contributed by atoms with Gasteiger partial charge in [0.2, 0.25) is 17.7 Å². The molecule has 8 nitrogen and oxygen atoms in total. The van der Waals surface area contributed by atoms with Gasteiger partial charge in [0.15, 0.2) is 0 Å². The summed E-state index contributed by atoms with van der Waals surface area (Å²) in [4.78, 5) is 25.0. The van der Waals surface area contributed by atoms with Crippen LogP contribution in [0.5, 0.6) is 0 Å². The third kappa shape index (κ3) is 5.11. The van der Waals surface area contributed by atoms with Crippen LogP contribution in [0.2, 0.25) is 0 Å². The van der Waals surface area contributed by atoms with Crippen molar-refractivity contribution in [3.8, 4) is 11.5 Å². The zero-order valence-corrected chi connectivity index (χ0v) is 17.1. The lowest BCUT2D eigenvalue weighted by molar-refractivity contribution is -0.116. The lowest BCUT2D eigenvalue weighted by Crippen LogP contribution is -2.32. The minimum atomic E-state index is -0.237. The van der Waals surface area contributed by atoms with Crippen molar-refractivity contribution in [2.24, 2.45) is 0 Å². The quantitative estimate of drug-likeness (QED) is 0.573. The van der Waals surface area contributed by atoms with Crippen LogP contribution in [0.3, 0.4) is 0 Å². The van der Waals surface area contributed by atoms with Crippen LogP contribution in [0.25, 0.3) is 11.5 Å². The summed E-state index contributed by atoms with van der Waals surface area (Å²) in [5.74, 6) is 0.372. The van der Waals surface area contributed by atoms with Crippen molar-refractivity contribution >= 4 is 28.8 Å². The highest BCUT2D eigenvalue weighted by molar-refractivity contribution is 7.08. The SMILES string of the molecule is O=C(CCc1nnc(-c2ccsc2)o1)Nc1ccccc1C(=O)NCC1CCCO1. The molecule has 0 bridgehead atoms. The van der Waals surface area contributed by atoms with Gasteiger partial charge >= 0.3 is 0 Å². The summed E-state index contributed by atoms with van der Waals surface area (Å²) < 4.78 is 11.1. The fourth-order valence-corrected chi connectivity index (χ4v) is 3.82. The Morgan fingerprint density at radius 1 is 1.20 bits per heavy atom. The number of amides is 2. The molecule has 0 aliphatic carbocycles. The highest BCUT2D eigenvalue weighted by Gasteiger charge is 2.19. The van der Waals surface area contributed by atoms with Crippen molar-refractivity contribution in [1.29, 1.82) is 0 Å². The van der Waals surface area contributed by atoms with E-state index in [9.17, 15) is 9.59 Å². The number of thiophene rings is 1. The van der Waals surface area contributed by atoms with Crippen molar-refractivity contribution in [2.45, 2.75) is 31.8 Å². The third-order valence-electron chi connectivity index (χ3n) is 4.76. The summed E-state index contributed by atoms with van der Waals surface area (Å²) in [6, 6.07) is 8.83. The smallest absolute Gasteiger partial charge is 0.253 e. The first kappa shape index (κ1) is 20.2. The van der Waals surface area contributed by atoms with Gasteiger partial charge in [-0.25, -0.2) is 0 Å². The number of hydrogen-bond acceptors (Lipinski definition) is 7. The maximum absolute atomic E-state index is 12.5. The topological polar surface area (TPSA) is 106 Å². The van der Waals surface area contributed by atoms with E-state index in [-0.39, 0.29) is 24.3 Å². The Morgan fingerprint density at radius 3 is 2.90 bits per heavy atom. The summed E-state index contributed by atoms with van der Waals surface area (Å²) in [7, 11) is 0. The fraction of sp³-hybridized carbons (Fsp3) is 0.333. The van der Waals surface area contributed by atoms with Gasteiger partial charge in [0, 0.05) is 36.9 Å². The van der Waals surface area contributed by atoms with Gasteiger partial charge in [0.25, 0.3) is 5.91 Å². The van der Waals surface area contributed by atoms with E-state index in [1.54, 1.807) is 35.6 Å². The lowest BCUT2D eigenvalue weighted by atomic mass is 10.1. The maximum atomic E-state index is 12.5. The number of aryl methyl sites for hydroxylation is 1. The summed E-state index contributed by atoms with van der Waals surface area (Å²) >= 11 is 1.55. The lowest BCUT2D eigenvalue weighted by Gasteiger charge is -2.13. The Balaban J connectivity index is 1.31. The van der Waals surface area contributed by atoms with Gasteiger partial charge in [-0.05, 0) is 36.4 Å². The fourth-order valence-electron chi connectivity index (χ4n) is 3.19. The van der Waals surface area contributed by atoms with Gasteiger partial charge in [-0.2, -0.15) is 11.3 Å². The summed E-state index contributed by atoms with van der Waals surface area (Å²) in [6.07, 6.45) is 2.50. The van der Waals surface area contributed by atoms with E-state index in [0.29, 0.717) is 36.0 Å². The molecule has 1 aromatic carbocycles. The maximum Gasteiger partial charge on any atom is 0.253 e. The van der Waals surface area contributed by atoms with Crippen LogP contribution in [0, 0.1) is 0 Å². The Kier molecular flexibility index (Phi) is 6.50. The number of carbonyl (C=O) groups is 2. The Labute approximate surface area is 177 Å². The largest absolute Gasteiger partial charge is 0.421 e. The van der Waals surface area contributed by atoms with Gasteiger partial charge in [-0.15, -0.1) is 10.2 Å². The molecule has 2 N–H and O–H groups in total. The predicted molar refractivity (Wildman–Crippen MR) is 112 cm³/mol. The van der Waals surface area contributed by atoms with Gasteiger partial charge < -0.3 is 19.8 Å².